The number of carbonyl (C=O) groups excluding carboxylic acids is 4. The normalized spacial score (nSPS) is 15.0. The van der Waals surface area contributed by atoms with E-state index in [0.29, 0.717) is 5.75 Å². The maximum Gasteiger partial charge on any atom is 0.339 e. The van der Waals surface area contributed by atoms with E-state index in [9.17, 15) is 19.2 Å². The number of imide groups is 1. The molecule has 2 rings (SSSR count). The lowest BCUT2D eigenvalue weighted by molar-refractivity contribution is -0.130. The van der Waals surface area contributed by atoms with E-state index in [1.54, 1.807) is 18.2 Å². The number of hydrogen-bond donors (Lipinski definition) is 1. The molecule has 1 aliphatic heterocycles. The van der Waals surface area contributed by atoms with E-state index in [-0.39, 0.29) is 35.6 Å². The van der Waals surface area contributed by atoms with E-state index in [1.807, 2.05) is 6.92 Å². The maximum absolute atomic E-state index is 12.1. The first-order valence-corrected chi connectivity index (χ1v) is 8.92. The molecule has 1 heterocycles. The average Bonchev–Trinajstić information content (AvgIpc) is 2.93. The lowest BCUT2D eigenvalue weighted by Gasteiger charge is -2.16. The first kappa shape index (κ1) is 19.8. The minimum atomic E-state index is -1.02. The van der Waals surface area contributed by atoms with Gasteiger partial charge in [-0.1, -0.05) is 17.8 Å². The summed E-state index contributed by atoms with van der Waals surface area (Å²) >= 11 is 0.934. The second-order valence-electron chi connectivity index (χ2n) is 5.62. The highest BCUT2D eigenvalue weighted by Gasteiger charge is 2.29. The van der Waals surface area contributed by atoms with Gasteiger partial charge in [0.05, 0.1) is 18.4 Å². The van der Waals surface area contributed by atoms with Crippen molar-refractivity contribution in [2.24, 2.45) is 0 Å². The van der Waals surface area contributed by atoms with Crippen LogP contribution in [-0.2, 0) is 14.3 Å². The van der Waals surface area contributed by atoms with Gasteiger partial charge in [0.25, 0.3) is 11.1 Å². The number of thioether (sulfide) groups is 1. The van der Waals surface area contributed by atoms with Crippen molar-refractivity contribution < 1.29 is 28.7 Å². The lowest BCUT2D eigenvalue weighted by atomic mass is 10.1. The van der Waals surface area contributed by atoms with Gasteiger partial charge in [-0.25, -0.2) is 4.79 Å². The van der Waals surface area contributed by atoms with Gasteiger partial charge in [0.1, 0.15) is 5.75 Å². The largest absolute Gasteiger partial charge is 0.496 e. The molecule has 0 spiro atoms. The van der Waals surface area contributed by atoms with Gasteiger partial charge in [-0.15, -0.1) is 0 Å². The Labute approximate surface area is 155 Å². The second kappa shape index (κ2) is 8.70. The van der Waals surface area contributed by atoms with Crippen LogP contribution in [-0.4, -0.2) is 60.0 Å². The molecule has 1 aromatic carbocycles. The van der Waals surface area contributed by atoms with E-state index < -0.39 is 18.0 Å². The molecule has 0 unspecified atom stereocenters. The smallest absolute Gasteiger partial charge is 0.339 e. The Bertz CT molecular complexity index is 720. The molecular formula is C17H20N2O6S. The average molecular weight is 380 g/mol. The van der Waals surface area contributed by atoms with Crippen LogP contribution in [0.5, 0.6) is 5.75 Å². The third kappa shape index (κ3) is 4.75. The van der Waals surface area contributed by atoms with Crippen LogP contribution in [0.1, 0.15) is 22.8 Å². The number of benzene rings is 1. The number of carbonyl (C=O) groups is 4. The topological polar surface area (TPSA) is 102 Å². The highest BCUT2D eigenvalue weighted by Crippen LogP contribution is 2.20. The molecule has 0 aliphatic carbocycles. The van der Waals surface area contributed by atoms with Crippen LogP contribution in [0.3, 0.4) is 0 Å². The van der Waals surface area contributed by atoms with Gasteiger partial charge in [0.2, 0.25) is 5.91 Å². The predicted octanol–water partition coefficient (Wildman–Crippen LogP) is 1.36. The number of ether oxygens (including phenoxy) is 2. The van der Waals surface area contributed by atoms with Crippen LogP contribution >= 0.6 is 11.8 Å². The van der Waals surface area contributed by atoms with Crippen molar-refractivity contribution in [1.29, 1.82) is 0 Å². The molecular weight excluding hydrogens is 360 g/mol. The van der Waals surface area contributed by atoms with E-state index in [4.69, 9.17) is 9.47 Å². The standard InChI is InChI=1S/C17H20N2O6S/c1-10-4-5-12(8-13(10)24-3)16(22)25-11(2)15(21)18-6-7-19-14(20)9-26-17(19)23/h4-5,8,11H,6-7,9H2,1-3H3,(H,18,21)/t11-/m0/s1. The van der Waals surface area contributed by atoms with Crippen LogP contribution in [0.25, 0.3) is 0 Å². The quantitative estimate of drug-likeness (QED) is 0.713. The van der Waals surface area contributed by atoms with Crippen molar-refractivity contribution in [3.63, 3.8) is 0 Å². The molecule has 0 aromatic heterocycles. The molecule has 1 aliphatic rings. The lowest BCUT2D eigenvalue weighted by Crippen LogP contribution is -2.41. The third-order valence-electron chi connectivity index (χ3n) is 3.77. The number of nitrogens with zero attached hydrogens (tertiary/aromatic N) is 1. The number of nitrogens with one attached hydrogen (secondary N) is 1. The van der Waals surface area contributed by atoms with Gasteiger partial charge in [-0.3, -0.25) is 19.3 Å². The Morgan fingerprint density at radius 2 is 2.08 bits per heavy atom. The number of hydrogen-bond acceptors (Lipinski definition) is 7. The summed E-state index contributed by atoms with van der Waals surface area (Å²) in [6.45, 7) is 3.47. The molecule has 1 saturated heterocycles. The highest BCUT2D eigenvalue weighted by atomic mass is 32.2. The van der Waals surface area contributed by atoms with Crippen LogP contribution < -0.4 is 10.1 Å². The number of aryl methyl sites for hydroxylation is 1. The van der Waals surface area contributed by atoms with Crippen LogP contribution in [0, 0.1) is 6.92 Å². The summed E-state index contributed by atoms with van der Waals surface area (Å²) in [5.74, 6) is -0.756. The molecule has 0 radical (unpaired) electrons. The molecule has 9 heteroatoms. The molecule has 1 atom stereocenters. The number of methoxy groups -OCH3 is 1. The van der Waals surface area contributed by atoms with Gasteiger partial charge in [-0.2, -0.15) is 0 Å². The zero-order chi connectivity index (χ0) is 19.3. The molecule has 1 fully saturated rings. The van der Waals surface area contributed by atoms with Crippen molar-refractivity contribution in [3.05, 3.63) is 29.3 Å². The van der Waals surface area contributed by atoms with Crippen LogP contribution in [0.15, 0.2) is 18.2 Å². The number of rotatable bonds is 7. The molecule has 0 saturated carbocycles. The Balaban J connectivity index is 1.83. The van der Waals surface area contributed by atoms with E-state index >= 15 is 0 Å². The van der Waals surface area contributed by atoms with Crippen molar-refractivity contribution in [1.82, 2.24) is 10.2 Å². The summed E-state index contributed by atoms with van der Waals surface area (Å²) in [6, 6.07) is 4.86. The molecule has 140 valence electrons. The molecule has 1 aromatic rings. The SMILES string of the molecule is COc1cc(C(=O)O[C@@H](C)C(=O)NCCN2C(=O)CSC2=O)ccc1C. The summed E-state index contributed by atoms with van der Waals surface area (Å²) in [5.41, 5.74) is 1.15. The minimum absolute atomic E-state index is 0.0895. The highest BCUT2D eigenvalue weighted by molar-refractivity contribution is 8.14. The number of amides is 3. The maximum atomic E-state index is 12.1. The first-order valence-electron chi connectivity index (χ1n) is 7.94. The second-order valence-corrected chi connectivity index (χ2v) is 6.55. The Morgan fingerprint density at radius 1 is 1.35 bits per heavy atom. The Hall–Kier alpha value is -2.55. The fourth-order valence-corrected chi connectivity index (χ4v) is 3.01. The van der Waals surface area contributed by atoms with Gasteiger partial charge < -0.3 is 14.8 Å². The van der Waals surface area contributed by atoms with Gasteiger partial charge in [0, 0.05) is 13.1 Å². The Morgan fingerprint density at radius 3 is 2.69 bits per heavy atom. The van der Waals surface area contributed by atoms with Gasteiger partial charge in [0.15, 0.2) is 6.10 Å². The third-order valence-corrected chi connectivity index (χ3v) is 4.63. The van der Waals surface area contributed by atoms with Gasteiger partial charge >= 0.3 is 5.97 Å². The van der Waals surface area contributed by atoms with Crippen LogP contribution in [0.2, 0.25) is 0 Å². The van der Waals surface area contributed by atoms with Crippen molar-refractivity contribution in [2.75, 3.05) is 26.0 Å². The first-order chi connectivity index (χ1) is 12.3. The molecule has 3 amide bonds. The van der Waals surface area contributed by atoms with E-state index in [1.165, 1.54) is 14.0 Å². The minimum Gasteiger partial charge on any atom is -0.496 e. The molecule has 26 heavy (non-hydrogen) atoms. The summed E-state index contributed by atoms with van der Waals surface area (Å²) in [7, 11) is 1.50. The fraction of sp³-hybridized carbons (Fsp3) is 0.412. The summed E-state index contributed by atoms with van der Waals surface area (Å²) in [4.78, 5) is 48.2. The van der Waals surface area contributed by atoms with Crippen molar-refractivity contribution >= 4 is 34.8 Å². The van der Waals surface area contributed by atoms with Crippen molar-refractivity contribution in [2.45, 2.75) is 20.0 Å². The summed E-state index contributed by atoms with van der Waals surface area (Å²) < 4.78 is 10.3. The summed E-state index contributed by atoms with van der Waals surface area (Å²) in [5, 5.41) is 2.22. The fourth-order valence-electron chi connectivity index (χ4n) is 2.26. The zero-order valence-electron chi connectivity index (χ0n) is 14.7. The summed E-state index contributed by atoms with van der Waals surface area (Å²) in [6.07, 6.45) is -1.02. The van der Waals surface area contributed by atoms with Crippen molar-refractivity contribution in [3.8, 4) is 5.75 Å². The van der Waals surface area contributed by atoms with E-state index in [0.717, 1.165) is 22.2 Å². The Kier molecular flexibility index (Phi) is 6.62. The van der Waals surface area contributed by atoms with Gasteiger partial charge in [-0.05, 0) is 31.5 Å². The monoisotopic (exact) mass is 380 g/mol. The van der Waals surface area contributed by atoms with E-state index in [2.05, 4.69) is 5.32 Å². The zero-order valence-corrected chi connectivity index (χ0v) is 15.6. The van der Waals surface area contributed by atoms with Crippen LogP contribution in [0.4, 0.5) is 4.79 Å². The predicted molar refractivity (Wildman–Crippen MR) is 95.2 cm³/mol. The number of esters is 1. The molecule has 0 bridgehead atoms. The molecule has 8 nitrogen and oxygen atoms in total. The molecule has 1 N–H and O–H groups in total.